The van der Waals surface area contributed by atoms with Gasteiger partial charge in [0.05, 0.1) is 5.92 Å². The molecule has 1 aromatic carbocycles. The number of fused-ring (bicyclic) bond motifs is 1. The van der Waals surface area contributed by atoms with E-state index < -0.39 is 5.92 Å². The van der Waals surface area contributed by atoms with Crippen LogP contribution in [0.2, 0.25) is 0 Å². The summed E-state index contributed by atoms with van der Waals surface area (Å²) in [4.78, 5) is 23.7. The zero-order valence-corrected chi connectivity index (χ0v) is 17.5. The van der Waals surface area contributed by atoms with Gasteiger partial charge in [-0.3, -0.25) is 9.59 Å². The van der Waals surface area contributed by atoms with Crippen molar-refractivity contribution in [2.75, 3.05) is 20.9 Å². The van der Waals surface area contributed by atoms with Crippen LogP contribution in [0.25, 0.3) is 0 Å². The third-order valence-corrected chi connectivity index (χ3v) is 5.02. The number of amides is 1. The number of ether oxygens (including phenoxy) is 3. The maximum absolute atomic E-state index is 12.9. The molecule has 3 aliphatic rings. The molecule has 1 aliphatic carbocycles. The Morgan fingerprint density at radius 1 is 1.23 bits per heavy atom. The highest BCUT2D eigenvalue weighted by Gasteiger charge is 2.43. The fourth-order valence-electron chi connectivity index (χ4n) is 3.71. The van der Waals surface area contributed by atoms with E-state index in [9.17, 15) is 14.9 Å². The Labute approximate surface area is 175 Å². The van der Waals surface area contributed by atoms with Crippen LogP contribution < -0.4 is 15.2 Å². The lowest BCUT2D eigenvalue weighted by molar-refractivity contribution is -0.119. The fraction of sp³-hybridized carbons (Fsp3) is 0.409. The number of hydrogen-bond donors (Lipinski definition) is 1. The topological polar surface area (TPSA) is 115 Å². The van der Waals surface area contributed by atoms with Gasteiger partial charge in [-0.2, -0.15) is 5.26 Å². The monoisotopic (exact) mass is 411 g/mol. The van der Waals surface area contributed by atoms with Crippen LogP contribution in [0.4, 0.5) is 0 Å². The fourth-order valence-corrected chi connectivity index (χ4v) is 3.71. The summed E-state index contributed by atoms with van der Waals surface area (Å²) in [6.45, 7) is 4.21. The normalized spacial score (nSPS) is 21.0. The van der Waals surface area contributed by atoms with Gasteiger partial charge in [0.2, 0.25) is 19.1 Å². The zero-order valence-electron chi connectivity index (χ0n) is 17.5. The number of benzene rings is 1. The van der Waals surface area contributed by atoms with Gasteiger partial charge in [-0.1, -0.05) is 19.9 Å². The molecule has 2 heterocycles. The van der Waals surface area contributed by atoms with Crippen LogP contribution in [-0.4, -0.2) is 38.0 Å². The molecule has 2 aliphatic heterocycles. The van der Waals surface area contributed by atoms with Gasteiger partial charge in [-0.15, -0.1) is 0 Å². The predicted molar refractivity (Wildman–Crippen MR) is 108 cm³/mol. The van der Waals surface area contributed by atoms with E-state index in [-0.39, 0.29) is 29.4 Å². The van der Waals surface area contributed by atoms with Crippen molar-refractivity contribution in [3.05, 3.63) is 46.6 Å². The lowest BCUT2D eigenvalue weighted by atomic mass is 9.70. The molecule has 0 radical (unpaired) electrons. The van der Waals surface area contributed by atoms with Crippen molar-refractivity contribution >= 4 is 12.2 Å². The average Bonchev–Trinajstić information content (AvgIpc) is 3.14. The first-order chi connectivity index (χ1) is 14.2. The molecule has 0 fully saturated rings. The molecule has 1 aromatic rings. The van der Waals surface area contributed by atoms with Gasteiger partial charge in [0.25, 0.3) is 0 Å². The van der Waals surface area contributed by atoms with Crippen LogP contribution in [0.5, 0.6) is 11.5 Å². The maximum atomic E-state index is 12.9. The summed E-state index contributed by atoms with van der Waals surface area (Å²) in [6.07, 6.45) is 1.77. The molecule has 30 heavy (non-hydrogen) atoms. The molecule has 8 heteroatoms. The van der Waals surface area contributed by atoms with Crippen molar-refractivity contribution in [1.29, 1.82) is 5.26 Å². The van der Waals surface area contributed by atoms with Crippen molar-refractivity contribution in [3.63, 3.8) is 0 Å². The van der Waals surface area contributed by atoms with Crippen LogP contribution >= 0.6 is 0 Å². The van der Waals surface area contributed by atoms with Gasteiger partial charge in [0, 0.05) is 32.5 Å². The second kappa shape index (κ2) is 8.11. The Bertz CT molecular complexity index is 985. The first-order valence-electron chi connectivity index (χ1n) is 9.52. The van der Waals surface area contributed by atoms with Crippen LogP contribution in [0.15, 0.2) is 41.0 Å². The number of Topliss-reactive ketones (excluding diaryl/α,β-unsaturated/α-hetero) is 1. The number of allylic oxidation sites excluding steroid dienone is 3. The molecular weight excluding hydrogens is 386 g/mol. The van der Waals surface area contributed by atoms with Gasteiger partial charge in [-0.25, -0.2) is 0 Å². The zero-order chi connectivity index (χ0) is 22.1. The van der Waals surface area contributed by atoms with Crippen molar-refractivity contribution < 1.29 is 23.8 Å². The van der Waals surface area contributed by atoms with E-state index in [1.165, 1.54) is 4.90 Å². The summed E-state index contributed by atoms with van der Waals surface area (Å²) >= 11 is 0. The Morgan fingerprint density at radius 2 is 1.90 bits per heavy atom. The minimum atomic E-state index is -0.535. The predicted octanol–water partition coefficient (Wildman–Crippen LogP) is 2.57. The Kier molecular flexibility index (Phi) is 5.74. The van der Waals surface area contributed by atoms with Crippen molar-refractivity contribution in [2.45, 2.75) is 32.6 Å². The van der Waals surface area contributed by atoms with Gasteiger partial charge < -0.3 is 24.8 Å². The molecule has 2 N–H and O–H groups in total. The molecular formula is C22H25N3O5. The number of nitrogens with two attached hydrogens (primary N) is 1. The first kappa shape index (κ1) is 21.2. The molecule has 0 aromatic heterocycles. The van der Waals surface area contributed by atoms with Crippen molar-refractivity contribution in [3.8, 4) is 17.6 Å². The van der Waals surface area contributed by atoms with Gasteiger partial charge in [0.15, 0.2) is 17.3 Å². The molecule has 0 saturated heterocycles. The molecule has 1 amide bonds. The Morgan fingerprint density at radius 3 is 2.53 bits per heavy atom. The van der Waals surface area contributed by atoms with E-state index in [0.717, 1.165) is 12.0 Å². The molecule has 4 rings (SSSR count). The van der Waals surface area contributed by atoms with Crippen molar-refractivity contribution in [1.82, 2.24) is 4.90 Å². The van der Waals surface area contributed by atoms with Crippen LogP contribution in [0, 0.1) is 16.7 Å². The standard InChI is InChI=1S/C19H18N2O4.C3H7NO/c1-19(2)6-12(22)17-15(7-19)25-18(21)11(8-20)16(17)10-3-4-13-14(5-10)24-9-23-13;1-4(2)3-5/h3-5,16H,6-7,9,21H2,1-2H3;3H,1-2H3. The van der Waals surface area contributed by atoms with Crippen LogP contribution in [0.3, 0.4) is 0 Å². The molecule has 0 saturated carbocycles. The van der Waals surface area contributed by atoms with E-state index in [1.54, 1.807) is 26.2 Å². The van der Waals surface area contributed by atoms with E-state index in [1.807, 2.05) is 19.9 Å². The van der Waals surface area contributed by atoms with Gasteiger partial charge in [-0.05, 0) is 23.1 Å². The maximum Gasteiger partial charge on any atom is 0.231 e. The number of hydrogen-bond acceptors (Lipinski definition) is 7. The van der Waals surface area contributed by atoms with Gasteiger partial charge >= 0.3 is 0 Å². The van der Waals surface area contributed by atoms with Gasteiger partial charge in [0.1, 0.15) is 17.4 Å². The summed E-state index contributed by atoms with van der Waals surface area (Å²) < 4.78 is 16.5. The summed E-state index contributed by atoms with van der Waals surface area (Å²) in [5.74, 6) is 1.35. The number of carbonyl (C=O) groups is 2. The van der Waals surface area contributed by atoms with E-state index in [2.05, 4.69) is 6.07 Å². The molecule has 1 unspecified atom stereocenters. The highest BCUT2D eigenvalue weighted by atomic mass is 16.7. The minimum Gasteiger partial charge on any atom is -0.454 e. The number of nitriles is 1. The summed E-state index contributed by atoms with van der Waals surface area (Å²) in [5.41, 5.74) is 7.37. The highest BCUT2D eigenvalue weighted by molar-refractivity contribution is 6.00. The third-order valence-electron chi connectivity index (χ3n) is 5.02. The van der Waals surface area contributed by atoms with E-state index >= 15 is 0 Å². The number of carbonyl (C=O) groups excluding carboxylic acids is 2. The summed E-state index contributed by atoms with van der Waals surface area (Å²) in [7, 11) is 3.38. The third kappa shape index (κ3) is 4.10. The largest absolute Gasteiger partial charge is 0.454 e. The van der Waals surface area contributed by atoms with Crippen LogP contribution in [0.1, 0.15) is 38.2 Å². The average molecular weight is 411 g/mol. The molecule has 0 bridgehead atoms. The second-order valence-corrected chi connectivity index (χ2v) is 8.38. The lowest BCUT2D eigenvalue weighted by Gasteiger charge is -2.37. The van der Waals surface area contributed by atoms with E-state index in [0.29, 0.717) is 35.7 Å². The number of ketones is 1. The highest BCUT2D eigenvalue weighted by Crippen LogP contribution is 2.49. The Balaban J connectivity index is 0.000000461. The molecule has 8 nitrogen and oxygen atoms in total. The van der Waals surface area contributed by atoms with Crippen LogP contribution in [-0.2, 0) is 14.3 Å². The van der Waals surface area contributed by atoms with E-state index in [4.69, 9.17) is 19.9 Å². The van der Waals surface area contributed by atoms with Crippen molar-refractivity contribution in [2.24, 2.45) is 11.1 Å². The second-order valence-electron chi connectivity index (χ2n) is 8.38. The smallest absolute Gasteiger partial charge is 0.231 e. The number of nitrogens with zero attached hydrogens (tertiary/aromatic N) is 2. The molecule has 158 valence electrons. The summed E-state index contributed by atoms with van der Waals surface area (Å²) in [5, 5.41) is 9.61. The quantitative estimate of drug-likeness (QED) is 0.744. The molecule has 0 spiro atoms. The summed E-state index contributed by atoms with van der Waals surface area (Å²) in [6, 6.07) is 7.55. The first-order valence-corrected chi connectivity index (χ1v) is 9.52. The molecule has 1 atom stereocenters. The SMILES string of the molecule is CC1(C)CC(=O)C2=C(C1)OC(N)=C(C#N)C2c1ccc2c(c1)OCO2.CN(C)C=O. The number of rotatable bonds is 2. The lowest BCUT2D eigenvalue weighted by Crippen LogP contribution is -2.33. The minimum absolute atomic E-state index is 0.00540. The Hall–Kier alpha value is -3.47.